The number of thioether (sulfide) groups is 1. The van der Waals surface area contributed by atoms with Crippen molar-refractivity contribution in [3.05, 3.63) is 58.6 Å². The van der Waals surface area contributed by atoms with E-state index in [1.165, 1.54) is 17.0 Å². The monoisotopic (exact) mass is 378 g/mol. The number of amides is 1. The van der Waals surface area contributed by atoms with Gasteiger partial charge in [0.15, 0.2) is 6.61 Å². The number of anilines is 1. The molecule has 0 bridgehead atoms. The van der Waals surface area contributed by atoms with Gasteiger partial charge in [-0.15, -0.1) is 11.8 Å². The first-order chi connectivity index (χ1) is 11.9. The molecule has 25 heavy (non-hydrogen) atoms. The quantitative estimate of drug-likeness (QED) is 0.473. The summed E-state index contributed by atoms with van der Waals surface area (Å²) in [5, 5.41) is 0.373. The van der Waals surface area contributed by atoms with Crippen LogP contribution in [0, 0.1) is 0 Å². The highest BCUT2D eigenvalue weighted by Gasteiger charge is 2.16. The van der Waals surface area contributed by atoms with Crippen LogP contribution in [0.15, 0.2) is 47.4 Å². The molecule has 2 aromatic carbocycles. The van der Waals surface area contributed by atoms with Crippen molar-refractivity contribution in [3.63, 3.8) is 0 Å². The molecule has 7 heteroatoms. The first-order valence-corrected chi connectivity index (χ1v) is 9.10. The van der Waals surface area contributed by atoms with Gasteiger partial charge in [0.1, 0.15) is 0 Å². The average Bonchev–Trinajstić information content (AvgIpc) is 2.62. The minimum absolute atomic E-state index is 0.149. The molecule has 0 fully saturated rings. The molecule has 132 valence electrons. The molecule has 2 rings (SSSR count). The number of hydrogen-bond donors (Lipinski definition) is 1. The van der Waals surface area contributed by atoms with Gasteiger partial charge in [0, 0.05) is 29.2 Å². The summed E-state index contributed by atoms with van der Waals surface area (Å²) in [6.45, 7) is 0.0779. The Morgan fingerprint density at radius 3 is 2.52 bits per heavy atom. The SMILES string of the molecule is CSc1ccc(CN(C)C(=O)COC(=O)c2cc(Cl)ccc2N)cc1. The normalized spacial score (nSPS) is 10.4. The topological polar surface area (TPSA) is 72.6 Å². The summed E-state index contributed by atoms with van der Waals surface area (Å²) in [5.74, 6) is -0.978. The van der Waals surface area contributed by atoms with Crippen LogP contribution >= 0.6 is 23.4 Å². The lowest BCUT2D eigenvalue weighted by Crippen LogP contribution is -2.30. The molecule has 5 nitrogen and oxygen atoms in total. The number of nitrogens with two attached hydrogens (primary N) is 1. The number of hydrogen-bond acceptors (Lipinski definition) is 5. The van der Waals surface area contributed by atoms with Crippen molar-refractivity contribution in [1.82, 2.24) is 4.90 Å². The number of nitrogens with zero attached hydrogens (tertiary/aromatic N) is 1. The van der Waals surface area contributed by atoms with E-state index in [4.69, 9.17) is 22.1 Å². The number of halogens is 1. The van der Waals surface area contributed by atoms with Crippen molar-refractivity contribution in [2.24, 2.45) is 0 Å². The fourth-order valence-electron chi connectivity index (χ4n) is 2.11. The number of carbonyl (C=O) groups excluding carboxylic acids is 2. The number of ether oxygens (including phenoxy) is 1. The second kappa shape index (κ2) is 8.78. The number of rotatable bonds is 6. The minimum atomic E-state index is -0.675. The maximum Gasteiger partial charge on any atom is 0.340 e. The highest BCUT2D eigenvalue weighted by Crippen LogP contribution is 2.19. The van der Waals surface area contributed by atoms with Crippen molar-refractivity contribution in [1.29, 1.82) is 0 Å². The summed E-state index contributed by atoms with van der Waals surface area (Å²) in [4.78, 5) is 26.8. The van der Waals surface area contributed by atoms with Crippen molar-refractivity contribution in [3.8, 4) is 0 Å². The van der Waals surface area contributed by atoms with Gasteiger partial charge < -0.3 is 15.4 Å². The van der Waals surface area contributed by atoms with Crippen LogP contribution in [0.2, 0.25) is 5.02 Å². The van der Waals surface area contributed by atoms with E-state index in [2.05, 4.69) is 0 Å². The molecule has 0 aliphatic heterocycles. The molecule has 0 radical (unpaired) electrons. The minimum Gasteiger partial charge on any atom is -0.452 e. The van der Waals surface area contributed by atoms with E-state index in [0.29, 0.717) is 11.6 Å². The standard InChI is InChI=1S/C18H19ClN2O3S/c1-21(10-12-3-6-14(25-2)7-4-12)17(22)11-24-18(23)15-9-13(19)5-8-16(15)20/h3-9H,10-11,20H2,1-2H3. The largest absolute Gasteiger partial charge is 0.452 e. The summed E-state index contributed by atoms with van der Waals surface area (Å²) >= 11 is 7.50. The number of likely N-dealkylation sites (N-methyl/N-ethyl adjacent to an activating group) is 1. The second-order valence-electron chi connectivity index (χ2n) is 5.41. The van der Waals surface area contributed by atoms with Gasteiger partial charge >= 0.3 is 5.97 Å². The van der Waals surface area contributed by atoms with E-state index in [1.54, 1.807) is 24.9 Å². The Morgan fingerprint density at radius 2 is 1.88 bits per heavy atom. The number of benzene rings is 2. The van der Waals surface area contributed by atoms with E-state index in [9.17, 15) is 9.59 Å². The highest BCUT2D eigenvalue weighted by atomic mass is 35.5. The van der Waals surface area contributed by atoms with E-state index in [1.807, 2.05) is 30.5 Å². The summed E-state index contributed by atoms with van der Waals surface area (Å²) < 4.78 is 5.05. The molecule has 2 N–H and O–H groups in total. The van der Waals surface area contributed by atoms with Crippen molar-refractivity contribution in [2.75, 3.05) is 25.6 Å². The van der Waals surface area contributed by atoms with Crippen LogP contribution in [0.3, 0.4) is 0 Å². The fourth-order valence-corrected chi connectivity index (χ4v) is 2.69. The summed E-state index contributed by atoms with van der Waals surface area (Å²) in [7, 11) is 1.66. The molecule has 2 aromatic rings. The molecular weight excluding hydrogens is 360 g/mol. The maximum atomic E-state index is 12.1. The molecule has 0 heterocycles. The Kier molecular flexibility index (Phi) is 6.73. The summed E-state index contributed by atoms with van der Waals surface area (Å²) in [6.07, 6.45) is 2.01. The molecule has 0 saturated heterocycles. The van der Waals surface area contributed by atoms with Gasteiger partial charge in [-0.25, -0.2) is 4.79 Å². The van der Waals surface area contributed by atoms with Gasteiger partial charge in [-0.3, -0.25) is 4.79 Å². The Hall–Kier alpha value is -2.18. The molecule has 0 aromatic heterocycles. The lowest BCUT2D eigenvalue weighted by Gasteiger charge is -2.17. The van der Waals surface area contributed by atoms with Gasteiger partial charge in [-0.05, 0) is 42.2 Å². The van der Waals surface area contributed by atoms with Gasteiger partial charge in [0.25, 0.3) is 5.91 Å². The second-order valence-corrected chi connectivity index (χ2v) is 6.72. The van der Waals surface area contributed by atoms with Crippen molar-refractivity contribution >= 4 is 40.9 Å². The molecule has 0 unspecified atom stereocenters. The first kappa shape index (κ1) is 19.1. The van der Waals surface area contributed by atoms with Crippen LogP contribution < -0.4 is 5.73 Å². The van der Waals surface area contributed by atoms with Gasteiger partial charge in [0.2, 0.25) is 0 Å². The summed E-state index contributed by atoms with van der Waals surface area (Å²) in [6, 6.07) is 12.4. The van der Waals surface area contributed by atoms with Crippen LogP contribution in [-0.4, -0.2) is 36.7 Å². The molecule has 0 atom stereocenters. The number of esters is 1. The zero-order valence-electron chi connectivity index (χ0n) is 14.0. The van der Waals surface area contributed by atoms with Gasteiger partial charge in [0.05, 0.1) is 5.56 Å². The van der Waals surface area contributed by atoms with Crippen LogP contribution in [-0.2, 0) is 16.1 Å². The third-order valence-electron chi connectivity index (χ3n) is 3.57. The van der Waals surface area contributed by atoms with Gasteiger partial charge in [-0.2, -0.15) is 0 Å². The Bertz CT molecular complexity index is 765. The average molecular weight is 379 g/mol. The zero-order chi connectivity index (χ0) is 18.4. The lowest BCUT2D eigenvalue weighted by atomic mass is 10.2. The zero-order valence-corrected chi connectivity index (χ0v) is 15.6. The third kappa shape index (κ3) is 5.41. The van der Waals surface area contributed by atoms with E-state index in [-0.39, 0.29) is 23.8 Å². The molecule has 0 aliphatic rings. The van der Waals surface area contributed by atoms with Crippen LogP contribution in [0.1, 0.15) is 15.9 Å². The smallest absolute Gasteiger partial charge is 0.340 e. The third-order valence-corrected chi connectivity index (χ3v) is 4.55. The van der Waals surface area contributed by atoms with Crippen molar-refractivity contribution < 1.29 is 14.3 Å². The van der Waals surface area contributed by atoms with E-state index < -0.39 is 5.97 Å². The molecule has 0 spiro atoms. The van der Waals surface area contributed by atoms with E-state index >= 15 is 0 Å². The fraction of sp³-hybridized carbons (Fsp3) is 0.222. The van der Waals surface area contributed by atoms with Gasteiger partial charge in [-0.1, -0.05) is 23.7 Å². The van der Waals surface area contributed by atoms with Crippen LogP contribution in [0.25, 0.3) is 0 Å². The maximum absolute atomic E-state index is 12.1. The Balaban J connectivity index is 1.90. The van der Waals surface area contributed by atoms with Crippen LogP contribution in [0.4, 0.5) is 5.69 Å². The number of nitrogen functional groups attached to an aromatic ring is 1. The molecule has 0 saturated carbocycles. The van der Waals surface area contributed by atoms with Crippen molar-refractivity contribution in [2.45, 2.75) is 11.4 Å². The highest BCUT2D eigenvalue weighted by molar-refractivity contribution is 7.98. The first-order valence-electron chi connectivity index (χ1n) is 7.49. The number of carbonyl (C=O) groups is 2. The predicted octanol–water partition coefficient (Wildman–Crippen LogP) is 3.46. The summed E-state index contributed by atoms with van der Waals surface area (Å²) in [5.41, 5.74) is 7.13. The lowest BCUT2D eigenvalue weighted by molar-refractivity contribution is -0.133. The van der Waals surface area contributed by atoms with Crippen LogP contribution in [0.5, 0.6) is 0 Å². The Morgan fingerprint density at radius 1 is 1.20 bits per heavy atom. The molecule has 0 aliphatic carbocycles. The molecule has 1 amide bonds. The van der Waals surface area contributed by atoms with E-state index in [0.717, 1.165) is 10.5 Å². The Labute approximate surface area is 156 Å². The molecular formula is C18H19ClN2O3S. The predicted molar refractivity (Wildman–Crippen MR) is 101 cm³/mol.